The summed E-state index contributed by atoms with van der Waals surface area (Å²) in [5.41, 5.74) is 3.79. The number of carbonyl (C=O) groups excluding carboxylic acids is 1. The molecule has 0 aliphatic heterocycles. The van der Waals surface area contributed by atoms with Crippen LogP contribution in [0.4, 0.5) is 11.4 Å². The number of benzene rings is 2. The summed E-state index contributed by atoms with van der Waals surface area (Å²) in [4.78, 5) is 14.6. The van der Waals surface area contributed by atoms with Crippen LogP contribution in [0.15, 0.2) is 53.9 Å². The standard InChI is InChI=1S/C21H24ClN5OS/c1-4-26(5-2)17-10-7-16(8-11-17)24-20(28)13-29-21-25-23-14-27(21)18-9-6-15(3)19(22)12-18/h6-12,14H,4-5,13H2,1-3H3,(H,24,28). The molecule has 0 bridgehead atoms. The maximum atomic E-state index is 12.4. The molecule has 1 amide bonds. The molecule has 152 valence electrons. The fourth-order valence-corrected chi connectivity index (χ4v) is 3.81. The molecule has 0 fully saturated rings. The first kappa shape index (κ1) is 21.2. The number of nitrogens with one attached hydrogen (secondary N) is 1. The van der Waals surface area contributed by atoms with Crippen molar-refractivity contribution >= 4 is 40.6 Å². The summed E-state index contributed by atoms with van der Waals surface area (Å²) in [5, 5.41) is 12.3. The number of amides is 1. The van der Waals surface area contributed by atoms with E-state index in [1.807, 2.05) is 54.0 Å². The largest absolute Gasteiger partial charge is 0.372 e. The highest BCUT2D eigenvalue weighted by atomic mass is 35.5. The van der Waals surface area contributed by atoms with E-state index in [2.05, 4.69) is 34.3 Å². The Bertz CT molecular complexity index is 969. The highest BCUT2D eigenvalue weighted by Gasteiger charge is 2.11. The number of halogens is 1. The Morgan fingerprint density at radius 1 is 1.17 bits per heavy atom. The molecule has 0 aliphatic carbocycles. The first-order valence-corrected chi connectivity index (χ1v) is 10.8. The van der Waals surface area contributed by atoms with Crippen LogP contribution in [0, 0.1) is 6.92 Å². The van der Waals surface area contributed by atoms with Crippen molar-refractivity contribution < 1.29 is 4.79 Å². The second kappa shape index (κ2) is 9.80. The fourth-order valence-electron chi connectivity index (χ4n) is 2.90. The van der Waals surface area contributed by atoms with Gasteiger partial charge in [-0.05, 0) is 62.7 Å². The summed E-state index contributed by atoms with van der Waals surface area (Å²) in [6.07, 6.45) is 1.62. The zero-order chi connectivity index (χ0) is 20.8. The molecule has 0 unspecified atom stereocenters. The molecule has 8 heteroatoms. The van der Waals surface area contributed by atoms with E-state index >= 15 is 0 Å². The molecule has 0 aliphatic rings. The van der Waals surface area contributed by atoms with Gasteiger partial charge in [-0.3, -0.25) is 9.36 Å². The average Bonchev–Trinajstić information content (AvgIpc) is 3.19. The second-order valence-corrected chi connectivity index (χ2v) is 7.82. The van der Waals surface area contributed by atoms with Gasteiger partial charge in [-0.1, -0.05) is 29.4 Å². The van der Waals surface area contributed by atoms with Crippen LogP contribution >= 0.6 is 23.4 Å². The van der Waals surface area contributed by atoms with Crippen molar-refractivity contribution in [1.82, 2.24) is 14.8 Å². The molecule has 0 saturated heterocycles. The molecule has 1 aromatic heterocycles. The first-order chi connectivity index (χ1) is 14.0. The molecule has 0 saturated carbocycles. The van der Waals surface area contributed by atoms with Gasteiger partial charge >= 0.3 is 0 Å². The Balaban J connectivity index is 1.60. The van der Waals surface area contributed by atoms with Crippen LogP contribution in [0.3, 0.4) is 0 Å². The highest BCUT2D eigenvalue weighted by molar-refractivity contribution is 7.99. The van der Waals surface area contributed by atoms with Gasteiger partial charge in [0.25, 0.3) is 0 Å². The number of aromatic nitrogens is 3. The quantitative estimate of drug-likeness (QED) is 0.521. The zero-order valence-electron chi connectivity index (χ0n) is 16.7. The van der Waals surface area contributed by atoms with Crippen LogP contribution in [-0.2, 0) is 4.79 Å². The Morgan fingerprint density at radius 2 is 1.90 bits per heavy atom. The van der Waals surface area contributed by atoms with Crippen LogP contribution in [0.25, 0.3) is 5.69 Å². The Morgan fingerprint density at radius 3 is 2.55 bits per heavy atom. The van der Waals surface area contributed by atoms with Crippen molar-refractivity contribution in [2.45, 2.75) is 25.9 Å². The molecular formula is C21H24ClN5OS. The van der Waals surface area contributed by atoms with Crippen LogP contribution in [0.5, 0.6) is 0 Å². The van der Waals surface area contributed by atoms with E-state index in [0.717, 1.165) is 35.7 Å². The SMILES string of the molecule is CCN(CC)c1ccc(NC(=O)CSc2nncn2-c2ccc(C)c(Cl)c2)cc1. The Hall–Kier alpha value is -2.51. The second-order valence-electron chi connectivity index (χ2n) is 6.47. The number of nitrogens with zero attached hydrogens (tertiary/aromatic N) is 4. The van der Waals surface area contributed by atoms with Crippen molar-refractivity contribution in [3.8, 4) is 5.69 Å². The number of thioether (sulfide) groups is 1. The predicted molar refractivity (Wildman–Crippen MR) is 120 cm³/mol. The highest BCUT2D eigenvalue weighted by Crippen LogP contribution is 2.24. The number of rotatable bonds is 8. The van der Waals surface area contributed by atoms with Crippen molar-refractivity contribution in [2.75, 3.05) is 29.1 Å². The third kappa shape index (κ3) is 5.31. The summed E-state index contributed by atoms with van der Waals surface area (Å²) in [6, 6.07) is 13.6. The maximum Gasteiger partial charge on any atom is 0.234 e. The first-order valence-electron chi connectivity index (χ1n) is 9.46. The summed E-state index contributed by atoms with van der Waals surface area (Å²) in [6.45, 7) is 8.10. The predicted octanol–water partition coefficient (Wildman–Crippen LogP) is 4.81. The molecule has 2 aromatic carbocycles. The van der Waals surface area contributed by atoms with E-state index in [9.17, 15) is 4.79 Å². The molecule has 3 aromatic rings. The minimum absolute atomic E-state index is 0.0953. The summed E-state index contributed by atoms with van der Waals surface area (Å²) >= 11 is 7.55. The molecule has 0 radical (unpaired) electrons. The van der Waals surface area contributed by atoms with Gasteiger partial charge in [-0.2, -0.15) is 0 Å². The van der Waals surface area contributed by atoms with Crippen LogP contribution in [0.2, 0.25) is 5.02 Å². The smallest absolute Gasteiger partial charge is 0.234 e. The van der Waals surface area contributed by atoms with Gasteiger partial charge in [0.2, 0.25) is 5.91 Å². The number of anilines is 2. The lowest BCUT2D eigenvalue weighted by molar-refractivity contribution is -0.113. The molecule has 0 spiro atoms. The van der Waals surface area contributed by atoms with Crippen LogP contribution in [-0.4, -0.2) is 39.5 Å². The fraction of sp³-hybridized carbons (Fsp3) is 0.286. The van der Waals surface area contributed by atoms with Crippen LogP contribution in [0.1, 0.15) is 19.4 Å². The Kier molecular flexibility index (Phi) is 7.17. The third-order valence-corrected chi connectivity index (χ3v) is 5.91. The number of hydrogen-bond donors (Lipinski definition) is 1. The molecule has 3 rings (SSSR count). The molecule has 6 nitrogen and oxygen atoms in total. The maximum absolute atomic E-state index is 12.4. The summed E-state index contributed by atoms with van der Waals surface area (Å²) in [7, 11) is 0. The van der Waals surface area contributed by atoms with E-state index in [1.165, 1.54) is 11.8 Å². The van der Waals surface area contributed by atoms with Gasteiger partial charge in [-0.25, -0.2) is 0 Å². The molecule has 1 heterocycles. The van der Waals surface area contributed by atoms with E-state index < -0.39 is 0 Å². The lowest BCUT2D eigenvalue weighted by Crippen LogP contribution is -2.21. The lowest BCUT2D eigenvalue weighted by atomic mass is 10.2. The normalized spacial score (nSPS) is 10.8. The van der Waals surface area contributed by atoms with Gasteiger partial charge in [0.1, 0.15) is 6.33 Å². The third-order valence-electron chi connectivity index (χ3n) is 4.56. The minimum Gasteiger partial charge on any atom is -0.372 e. The van der Waals surface area contributed by atoms with E-state index in [4.69, 9.17) is 11.6 Å². The van der Waals surface area contributed by atoms with Crippen molar-refractivity contribution in [3.05, 3.63) is 59.4 Å². The van der Waals surface area contributed by atoms with Gasteiger partial charge < -0.3 is 10.2 Å². The van der Waals surface area contributed by atoms with Crippen molar-refractivity contribution in [3.63, 3.8) is 0 Å². The Labute approximate surface area is 180 Å². The van der Waals surface area contributed by atoms with E-state index in [1.54, 1.807) is 6.33 Å². The van der Waals surface area contributed by atoms with Gasteiger partial charge in [0, 0.05) is 29.5 Å². The lowest BCUT2D eigenvalue weighted by Gasteiger charge is -2.21. The topological polar surface area (TPSA) is 63.1 Å². The number of hydrogen-bond acceptors (Lipinski definition) is 5. The van der Waals surface area contributed by atoms with Crippen molar-refractivity contribution in [2.24, 2.45) is 0 Å². The van der Waals surface area contributed by atoms with Crippen LogP contribution < -0.4 is 10.2 Å². The molecule has 29 heavy (non-hydrogen) atoms. The monoisotopic (exact) mass is 429 g/mol. The van der Waals surface area contributed by atoms with E-state index in [0.29, 0.717) is 10.2 Å². The average molecular weight is 430 g/mol. The van der Waals surface area contributed by atoms with Gasteiger partial charge in [0.05, 0.1) is 11.4 Å². The molecule has 0 atom stereocenters. The summed E-state index contributed by atoms with van der Waals surface area (Å²) < 4.78 is 1.82. The summed E-state index contributed by atoms with van der Waals surface area (Å²) in [5.74, 6) is 0.137. The number of carbonyl (C=O) groups is 1. The zero-order valence-corrected chi connectivity index (χ0v) is 18.3. The number of aryl methyl sites for hydroxylation is 1. The molecule has 1 N–H and O–H groups in total. The van der Waals surface area contributed by atoms with E-state index in [-0.39, 0.29) is 11.7 Å². The van der Waals surface area contributed by atoms with Gasteiger partial charge in [-0.15, -0.1) is 10.2 Å². The minimum atomic E-state index is -0.0953. The molecular weight excluding hydrogens is 406 g/mol. The van der Waals surface area contributed by atoms with Gasteiger partial charge in [0.15, 0.2) is 5.16 Å². The van der Waals surface area contributed by atoms with Crippen molar-refractivity contribution in [1.29, 1.82) is 0 Å².